The zero-order valence-electron chi connectivity index (χ0n) is 22.3. The molecule has 228 valence electrons. The molecule has 2 aromatic carbocycles. The summed E-state index contributed by atoms with van der Waals surface area (Å²) in [6.45, 7) is -1.06. The lowest BCUT2D eigenvalue weighted by Crippen LogP contribution is -2.63. The van der Waals surface area contributed by atoms with Gasteiger partial charge in [0.15, 0.2) is 23.6 Å². The van der Waals surface area contributed by atoms with Crippen LogP contribution in [-0.2, 0) is 19.0 Å². The molecular formula is C27H25F4N5O7. The maximum atomic E-state index is 14.5. The maximum absolute atomic E-state index is 14.5. The summed E-state index contributed by atoms with van der Waals surface area (Å²) in [5.41, 5.74) is -0.503. The number of ether oxygens (including phenoxy) is 3. The minimum atomic E-state index is -1.68. The highest BCUT2D eigenvalue weighted by Crippen LogP contribution is 2.36. The molecule has 2 aliphatic heterocycles. The number of carbonyl (C=O) groups excluding carboxylic acids is 1. The Morgan fingerprint density at radius 1 is 1.16 bits per heavy atom. The lowest BCUT2D eigenvalue weighted by molar-refractivity contribution is -0.211. The average Bonchev–Trinajstić information content (AvgIpc) is 3.64. The van der Waals surface area contributed by atoms with Crippen molar-refractivity contribution in [3.05, 3.63) is 65.4 Å². The van der Waals surface area contributed by atoms with Gasteiger partial charge in [-0.25, -0.2) is 22.2 Å². The van der Waals surface area contributed by atoms with E-state index >= 15 is 0 Å². The molecule has 3 heterocycles. The van der Waals surface area contributed by atoms with Crippen molar-refractivity contribution >= 4 is 11.6 Å². The first kappa shape index (κ1) is 30.5. The van der Waals surface area contributed by atoms with Crippen LogP contribution < -0.4 is 4.90 Å². The van der Waals surface area contributed by atoms with E-state index in [1.165, 1.54) is 19.4 Å². The number of rotatable bonds is 7. The fourth-order valence-electron chi connectivity index (χ4n) is 5.29. The van der Waals surface area contributed by atoms with Crippen LogP contribution in [0.4, 0.5) is 23.2 Å². The van der Waals surface area contributed by atoms with Gasteiger partial charge in [-0.2, -0.15) is 5.26 Å². The predicted molar refractivity (Wildman–Crippen MR) is 136 cm³/mol. The molecule has 2 saturated heterocycles. The minimum Gasteiger partial charge on any atom is -0.394 e. The quantitative estimate of drug-likeness (QED) is 0.259. The number of methoxy groups -OCH3 is 1. The van der Waals surface area contributed by atoms with E-state index in [0.29, 0.717) is 12.1 Å². The third-order valence-electron chi connectivity index (χ3n) is 7.36. The molecule has 0 saturated carbocycles. The van der Waals surface area contributed by atoms with E-state index in [1.807, 2.05) is 0 Å². The van der Waals surface area contributed by atoms with Crippen LogP contribution in [0.2, 0.25) is 0 Å². The van der Waals surface area contributed by atoms with Gasteiger partial charge in [0.25, 0.3) is 5.91 Å². The normalized spacial score (nSPS) is 27.2. The zero-order chi connectivity index (χ0) is 31.0. The van der Waals surface area contributed by atoms with Crippen molar-refractivity contribution in [2.45, 2.75) is 42.6 Å². The molecule has 12 nitrogen and oxygen atoms in total. The maximum Gasteiger partial charge on any atom is 0.259 e. The van der Waals surface area contributed by atoms with Crippen molar-refractivity contribution in [2.75, 3.05) is 31.8 Å². The Hall–Kier alpha value is -3.98. The first-order valence-corrected chi connectivity index (χ1v) is 12.9. The second-order valence-corrected chi connectivity index (χ2v) is 9.99. The van der Waals surface area contributed by atoms with Gasteiger partial charge < -0.3 is 34.4 Å². The van der Waals surface area contributed by atoms with E-state index in [4.69, 9.17) is 14.2 Å². The molecule has 7 atom stereocenters. The molecule has 43 heavy (non-hydrogen) atoms. The third-order valence-corrected chi connectivity index (χ3v) is 7.36. The number of carbonyl (C=O) groups is 1. The topological polar surface area (TPSA) is 163 Å². The van der Waals surface area contributed by atoms with Crippen LogP contribution in [0.15, 0.2) is 36.5 Å². The highest BCUT2D eigenvalue weighted by Gasteiger charge is 2.52. The number of halogens is 4. The number of anilines is 1. The number of aromatic nitrogens is 3. The molecular weight excluding hydrogens is 582 g/mol. The lowest BCUT2D eigenvalue weighted by Gasteiger charge is -2.45. The molecule has 2 fully saturated rings. The van der Waals surface area contributed by atoms with Crippen LogP contribution in [0.3, 0.4) is 0 Å². The van der Waals surface area contributed by atoms with Crippen molar-refractivity contribution in [3.8, 4) is 17.3 Å². The van der Waals surface area contributed by atoms with Crippen LogP contribution in [0, 0.1) is 34.6 Å². The summed E-state index contributed by atoms with van der Waals surface area (Å²) in [6, 6.07) is 4.03. The van der Waals surface area contributed by atoms with Crippen molar-refractivity contribution in [2.24, 2.45) is 0 Å². The molecule has 1 amide bonds. The minimum absolute atomic E-state index is 0.0961. The fraction of sp³-hybridized carbons (Fsp3) is 0.407. The Morgan fingerprint density at radius 2 is 1.88 bits per heavy atom. The number of amides is 1. The highest BCUT2D eigenvalue weighted by atomic mass is 19.2. The van der Waals surface area contributed by atoms with Crippen LogP contribution >= 0.6 is 0 Å². The van der Waals surface area contributed by atoms with Gasteiger partial charge in [0.05, 0.1) is 43.7 Å². The van der Waals surface area contributed by atoms with E-state index < -0.39 is 78.4 Å². The molecule has 0 aliphatic carbocycles. The monoisotopic (exact) mass is 607 g/mol. The van der Waals surface area contributed by atoms with E-state index in [1.54, 1.807) is 6.07 Å². The molecule has 5 unspecified atom stereocenters. The van der Waals surface area contributed by atoms with Crippen molar-refractivity contribution in [1.82, 2.24) is 15.0 Å². The fourth-order valence-corrected chi connectivity index (χ4v) is 5.29. The van der Waals surface area contributed by atoms with E-state index in [-0.39, 0.29) is 35.7 Å². The first-order chi connectivity index (χ1) is 20.6. The van der Waals surface area contributed by atoms with Gasteiger partial charge in [-0.05, 0) is 30.3 Å². The molecule has 0 spiro atoms. The molecule has 3 N–H and O–H groups in total. The summed E-state index contributed by atoms with van der Waals surface area (Å²) < 4.78 is 73.4. The molecule has 3 aromatic rings. The highest BCUT2D eigenvalue weighted by molar-refractivity contribution is 5.98. The van der Waals surface area contributed by atoms with Crippen molar-refractivity contribution in [1.29, 1.82) is 5.26 Å². The number of hydrogen-bond acceptors (Lipinski definition) is 10. The van der Waals surface area contributed by atoms with E-state index in [0.717, 1.165) is 21.7 Å². The SMILES string of the molecule is COC1C(C(=O)N(c2cc(F)cc(C#N)c2)[C@@H]2COC[C@H]2O)OC(CO)C(O)C1n1cc(-c2cc(F)c(F)c(F)c2)nn1. The Bertz CT molecular complexity index is 1530. The number of hydrogen-bond donors (Lipinski definition) is 3. The van der Waals surface area contributed by atoms with Crippen LogP contribution in [0.5, 0.6) is 0 Å². The van der Waals surface area contributed by atoms with Crippen LogP contribution in [-0.4, -0.2) is 99.7 Å². The summed E-state index contributed by atoms with van der Waals surface area (Å²) >= 11 is 0. The summed E-state index contributed by atoms with van der Waals surface area (Å²) in [6.07, 6.45) is -5.98. The number of aliphatic hydroxyl groups is 3. The summed E-state index contributed by atoms with van der Waals surface area (Å²) in [5, 5.41) is 48.8. The zero-order valence-corrected chi connectivity index (χ0v) is 22.3. The van der Waals surface area contributed by atoms with Crippen LogP contribution in [0.25, 0.3) is 11.3 Å². The average molecular weight is 608 g/mol. The van der Waals surface area contributed by atoms with Gasteiger partial charge in [-0.3, -0.25) is 4.79 Å². The summed E-state index contributed by atoms with van der Waals surface area (Å²) in [5.74, 6) is -6.34. The summed E-state index contributed by atoms with van der Waals surface area (Å²) in [4.78, 5) is 15.2. The third kappa shape index (κ3) is 5.70. The Labute approximate surface area is 241 Å². The predicted octanol–water partition coefficient (Wildman–Crippen LogP) is 0.843. The second-order valence-electron chi connectivity index (χ2n) is 9.99. The number of aliphatic hydroxyl groups excluding tert-OH is 3. The van der Waals surface area contributed by atoms with Gasteiger partial charge in [-0.1, -0.05) is 5.21 Å². The van der Waals surface area contributed by atoms with E-state index in [9.17, 15) is 42.9 Å². The molecule has 1 aromatic heterocycles. The second kappa shape index (κ2) is 12.3. The first-order valence-electron chi connectivity index (χ1n) is 12.9. The van der Waals surface area contributed by atoms with Gasteiger partial charge >= 0.3 is 0 Å². The Morgan fingerprint density at radius 3 is 2.49 bits per heavy atom. The van der Waals surface area contributed by atoms with Crippen molar-refractivity contribution in [3.63, 3.8) is 0 Å². The largest absolute Gasteiger partial charge is 0.394 e. The Balaban J connectivity index is 1.55. The van der Waals surface area contributed by atoms with E-state index in [2.05, 4.69) is 10.3 Å². The van der Waals surface area contributed by atoms with Crippen LogP contribution in [0.1, 0.15) is 11.6 Å². The molecule has 5 rings (SSSR count). The Kier molecular flexibility index (Phi) is 8.74. The number of benzene rings is 2. The molecule has 2 aliphatic rings. The van der Waals surface area contributed by atoms with Gasteiger partial charge in [-0.15, -0.1) is 5.10 Å². The molecule has 0 bridgehead atoms. The smallest absolute Gasteiger partial charge is 0.259 e. The number of nitriles is 1. The van der Waals surface area contributed by atoms with Gasteiger partial charge in [0, 0.05) is 18.4 Å². The standard InChI is InChI=1S/C27H25F4N5O7/c1-41-25-23(35-8-18(33-34-35)13-4-16(29)22(31)17(30)5-13)24(39)21(9-37)43-26(25)27(40)36(19-10-42-11-20(19)38)15-3-12(7-32)2-14(28)6-15/h2-6,8,19-21,23-26,37-39H,9-11H2,1H3/t19-,20-,21?,23?,24?,25?,26?/m1/s1. The summed E-state index contributed by atoms with van der Waals surface area (Å²) in [7, 11) is 1.20. The van der Waals surface area contributed by atoms with Crippen molar-refractivity contribution < 1.29 is 51.9 Å². The van der Waals surface area contributed by atoms with Gasteiger partial charge in [0.2, 0.25) is 0 Å². The van der Waals surface area contributed by atoms with Gasteiger partial charge in [0.1, 0.15) is 42.0 Å². The lowest BCUT2D eigenvalue weighted by atomic mass is 9.91. The molecule has 0 radical (unpaired) electrons. The number of nitrogens with zero attached hydrogens (tertiary/aromatic N) is 5. The molecule has 16 heteroatoms.